The fourth-order valence-corrected chi connectivity index (χ4v) is 1.64. The number of hydrogen-bond donors (Lipinski definition) is 0. The maximum Gasteiger partial charge on any atom is 0.147 e. The van der Waals surface area contributed by atoms with Crippen LogP contribution in [0, 0.1) is 17.1 Å². The molecular formula is C12H6ClFN2. The second-order valence-electron chi connectivity index (χ2n) is 3.15. The van der Waals surface area contributed by atoms with E-state index in [9.17, 15) is 4.39 Å². The van der Waals surface area contributed by atoms with Crippen molar-refractivity contribution in [3.8, 4) is 17.2 Å². The number of benzene rings is 1. The second-order valence-corrected chi connectivity index (χ2v) is 3.50. The summed E-state index contributed by atoms with van der Waals surface area (Å²) in [7, 11) is 0. The average molecular weight is 233 g/mol. The summed E-state index contributed by atoms with van der Waals surface area (Å²) in [6, 6.07) is 9.60. The fourth-order valence-electron chi connectivity index (χ4n) is 1.44. The molecule has 0 spiro atoms. The molecule has 0 saturated heterocycles. The van der Waals surface area contributed by atoms with Crippen LogP contribution >= 0.6 is 11.6 Å². The van der Waals surface area contributed by atoms with Gasteiger partial charge in [-0.25, -0.2) is 9.37 Å². The molecule has 0 fully saturated rings. The first-order valence-electron chi connectivity index (χ1n) is 4.53. The molecule has 0 saturated carbocycles. The molecule has 0 aliphatic heterocycles. The third-order valence-electron chi connectivity index (χ3n) is 2.15. The quantitative estimate of drug-likeness (QED) is 0.707. The molecule has 0 aliphatic rings. The van der Waals surface area contributed by atoms with Gasteiger partial charge in [0.15, 0.2) is 0 Å². The molecule has 16 heavy (non-hydrogen) atoms. The molecule has 1 aromatic heterocycles. The summed E-state index contributed by atoms with van der Waals surface area (Å²) >= 11 is 5.79. The van der Waals surface area contributed by atoms with Gasteiger partial charge in [0, 0.05) is 11.8 Å². The van der Waals surface area contributed by atoms with Crippen LogP contribution in [0.3, 0.4) is 0 Å². The van der Waals surface area contributed by atoms with Crippen molar-refractivity contribution in [3.63, 3.8) is 0 Å². The average Bonchev–Trinajstić information content (AvgIpc) is 2.28. The van der Waals surface area contributed by atoms with Crippen molar-refractivity contribution < 1.29 is 4.39 Å². The van der Waals surface area contributed by atoms with Gasteiger partial charge in [-0.05, 0) is 23.8 Å². The summed E-state index contributed by atoms with van der Waals surface area (Å²) in [5.74, 6) is -0.352. The topological polar surface area (TPSA) is 36.7 Å². The van der Waals surface area contributed by atoms with Crippen LogP contribution in [0.4, 0.5) is 4.39 Å². The predicted octanol–water partition coefficient (Wildman–Crippen LogP) is 3.41. The maximum atomic E-state index is 13.1. The van der Waals surface area contributed by atoms with Crippen LogP contribution in [0.25, 0.3) is 11.1 Å². The Bertz CT molecular complexity index is 575. The second kappa shape index (κ2) is 4.30. The zero-order chi connectivity index (χ0) is 11.5. The van der Waals surface area contributed by atoms with Crippen molar-refractivity contribution in [2.24, 2.45) is 0 Å². The van der Waals surface area contributed by atoms with Crippen LogP contribution in [-0.4, -0.2) is 4.98 Å². The van der Waals surface area contributed by atoms with Crippen LogP contribution < -0.4 is 0 Å². The van der Waals surface area contributed by atoms with E-state index in [0.29, 0.717) is 11.1 Å². The molecule has 4 heteroatoms. The fraction of sp³-hybridized carbons (Fsp3) is 0. The number of nitriles is 1. The number of aromatic nitrogens is 1. The van der Waals surface area contributed by atoms with Gasteiger partial charge in [0.2, 0.25) is 0 Å². The van der Waals surface area contributed by atoms with Crippen molar-refractivity contribution in [2.75, 3.05) is 0 Å². The highest BCUT2D eigenvalue weighted by atomic mass is 35.5. The number of hydrogen-bond acceptors (Lipinski definition) is 2. The molecule has 2 nitrogen and oxygen atoms in total. The summed E-state index contributed by atoms with van der Waals surface area (Å²) in [5, 5.41) is 9.09. The molecule has 2 aromatic rings. The normalized spacial score (nSPS) is 9.81. The maximum absolute atomic E-state index is 13.1. The summed E-state index contributed by atoms with van der Waals surface area (Å²) in [5.41, 5.74) is 1.46. The van der Waals surface area contributed by atoms with E-state index in [1.807, 2.05) is 6.07 Å². The van der Waals surface area contributed by atoms with Crippen molar-refractivity contribution >= 4 is 11.6 Å². The van der Waals surface area contributed by atoms with Crippen LogP contribution in [0.5, 0.6) is 0 Å². The Morgan fingerprint density at radius 2 is 2.12 bits per heavy atom. The monoisotopic (exact) mass is 232 g/mol. The van der Waals surface area contributed by atoms with Gasteiger partial charge in [-0.1, -0.05) is 23.7 Å². The Morgan fingerprint density at radius 3 is 2.81 bits per heavy atom. The number of nitrogens with zero attached hydrogens (tertiary/aromatic N) is 2. The molecule has 0 atom stereocenters. The van der Waals surface area contributed by atoms with Crippen molar-refractivity contribution in [3.05, 3.63) is 53.1 Å². The summed E-state index contributed by atoms with van der Waals surface area (Å²) in [6.45, 7) is 0. The Morgan fingerprint density at radius 1 is 1.31 bits per heavy atom. The van der Waals surface area contributed by atoms with E-state index < -0.39 is 0 Å². The Labute approximate surface area is 96.9 Å². The highest BCUT2D eigenvalue weighted by Gasteiger charge is 2.09. The third kappa shape index (κ3) is 1.88. The molecule has 0 radical (unpaired) electrons. The van der Waals surface area contributed by atoms with Gasteiger partial charge in [0.1, 0.15) is 17.0 Å². The van der Waals surface area contributed by atoms with Crippen LogP contribution in [0.2, 0.25) is 5.15 Å². The summed E-state index contributed by atoms with van der Waals surface area (Å²) in [6.07, 6.45) is 1.49. The van der Waals surface area contributed by atoms with Crippen molar-refractivity contribution in [1.29, 1.82) is 5.26 Å². The van der Waals surface area contributed by atoms with Crippen LogP contribution in [0.15, 0.2) is 36.5 Å². The van der Waals surface area contributed by atoms with Gasteiger partial charge >= 0.3 is 0 Å². The molecular weight excluding hydrogens is 227 g/mol. The Hall–Kier alpha value is -1.92. The minimum absolute atomic E-state index is 0.129. The molecule has 78 valence electrons. The van der Waals surface area contributed by atoms with E-state index in [1.165, 1.54) is 18.3 Å². The van der Waals surface area contributed by atoms with Crippen molar-refractivity contribution in [1.82, 2.24) is 4.98 Å². The largest absolute Gasteiger partial charge is 0.243 e. The lowest BCUT2D eigenvalue weighted by molar-refractivity contribution is 0.628. The van der Waals surface area contributed by atoms with Gasteiger partial charge in [-0.2, -0.15) is 5.26 Å². The minimum Gasteiger partial charge on any atom is -0.243 e. The first-order valence-corrected chi connectivity index (χ1v) is 4.90. The third-order valence-corrected chi connectivity index (χ3v) is 2.44. The molecule has 1 heterocycles. The first kappa shape index (κ1) is 10.6. The first-order chi connectivity index (χ1) is 7.72. The predicted molar refractivity (Wildman–Crippen MR) is 59.4 cm³/mol. The number of halogens is 2. The van der Waals surface area contributed by atoms with Crippen molar-refractivity contribution in [2.45, 2.75) is 0 Å². The lowest BCUT2D eigenvalue weighted by atomic mass is 10.0. The van der Waals surface area contributed by atoms with Crippen LogP contribution in [-0.2, 0) is 0 Å². The standard InChI is InChI=1S/C12H6ClFN2/c13-12-11(7-15)10(4-5-16-12)8-2-1-3-9(14)6-8/h1-6H. The highest BCUT2D eigenvalue weighted by molar-refractivity contribution is 6.30. The van der Waals surface area contributed by atoms with E-state index in [-0.39, 0.29) is 16.5 Å². The van der Waals surface area contributed by atoms with E-state index in [2.05, 4.69) is 4.98 Å². The summed E-state index contributed by atoms with van der Waals surface area (Å²) < 4.78 is 13.1. The minimum atomic E-state index is -0.352. The van der Waals surface area contributed by atoms with E-state index in [0.717, 1.165) is 0 Å². The SMILES string of the molecule is N#Cc1c(-c2cccc(F)c2)ccnc1Cl. The van der Waals surface area contributed by atoms with Gasteiger partial charge in [0.25, 0.3) is 0 Å². The lowest BCUT2D eigenvalue weighted by Crippen LogP contribution is -1.89. The summed E-state index contributed by atoms with van der Waals surface area (Å²) in [4.78, 5) is 3.81. The molecule has 0 N–H and O–H groups in total. The molecule has 2 rings (SSSR count). The number of pyridine rings is 1. The lowest BCUT2D eigenvalue weighted by Gasteiger charge is -2.04. The van der Waals surface area contributed by atoms with E-state index >= 15 is 0 Å². The van der Waals surface area contributed by atoms with Gasteiger partial charge in [-0.3, -0.25) is 0 Å². The van der Waals surface area contributed by atoms with Gasteiger partial charge in [0.05, 0.1) is 5.56 Å². The number of rotatable bonds is 1. The highest BCUT2D eigenvalue weighted by Crippen LogP contribution is 2.27. The van der Waals surface area contributed by atoms with E-state index in [4.69, 9.17) is 16.9 Å². The van der Waals surface area contributed by atoms with Gasteiger partial charge < -0.3 is 0 Å². The zero-order valence-corrected chi connectivity index (χ0v) is 8.87. The molecule has 0 bridgehead atoms. The Balaban J connectivity index is 2.66. The van der Waals surface area contributed by atoms with E-state index in [1.54, 1.807) is 18.2 Å². The molecule has 0 unspecified atom stereocenters. The molecule has 0 amide bonds. The zero-order valence-electron chi connectivity index (χ0n) is 8.11. The van der Waals surface area contributed by atoms with Crippen LogP contribution in [0.1, 0.15) is 5.56 Å². The molecule has 0 aliphatic carbocycles. The smallest absolute Gasteiger partial charge is 0.147 e. The Kier molecular flexibility index (Phi) is 2.84. The molecule has 1 aromatic carbocycles. The van der Waals surface area contributed by atoms with Gasteiger partial charge in [-0.15, -0.1) is 0 Å².